The fraction of sp³-hybridized carbons (Fsp3) is 0.417. The molecule has 2 aromatic heterocycles. The topological polar surface area (TPSA) is 87.7 Å². The van der Waals surface area contributed by atoms with Gasteiger partial charge in [0.25, 0.3) is 5.91 Å². The van der Waals surface area contributed by atoms with Crippen molar-refractivity contribution in [3.05, 3.63) is 52.5 Å². The molecule has 1 aliphatic rings. The summed E-state index contributed by atoms with van der Waals surface area (Å²) in [7, 11) is 1.39. The Morgan fingerprint density at radius 3 is 2.52 bits per heavy atom. The van der Waals surface area contributed by atoms with Gasteiger partial charge in [-0.1, -0.05) is 32.0 Å². The van der Waals surface area contributed by atoms with Crippen molar-refractivity contribution >= 4 is 39.9 Å². The van der Waals surface area contributed by atoms with Crippen molar-refractivity contribution in [2.75, 3.05) is 38.6 Å². The number of piperazine rings is 1. The third-order valence-corrected chi connectivity index (χ3v) is 6.68. The van der Waals surface area contributed by atoms with Gasteiger partial charge in [0.15, 0.2) is 0 Å². The second-order valence-corrected chi connectivity index (χ2v) is 9.39. The minimum atomic E-state index is -0.507. The SMILES string of the molecule is COC(=O)[C@@H](Nc1nc(CN2CCN(C(=O)c3cccs3)CC2)nc2ccccc12)C(C)C. The van der Waals surface area contributed by atoms with Gasteiger partial charge in [0.1, 0.15) is 17.7 Å². The number of hydrogen-bond donors (Lipinski definition) is 1. The number of rotatable bonds is 7. The quantitative estimate of drug-likeness (QED) is 0.534. The van der Waals surface area contributed by atoms with Crippen LogP contribution in [0.3, 0.4) is 0 Å². The Hall–Kier alpha value is -3.04. The van der Waals surface area contributed by atoms with Crippen LogP contribution in [0.25, 0.3) is 10.9 Å². The summed E-state index contributed by atoms with van der Waals surface area (Å²) in [5.74, 6) is 1.12. The first kappa shape index (κ1) is 23.1. The molecule has 3 heterocycles. The van der Waals surface area contributed by atoms with Gasteiger partial charge in [-0.3, -0.25) is 9.69 Å². The molecule has 4 rings (SSSR count). The summed E-state index contributed by atoms with van der Waals surface area (Å²) in [6.07, 6.45) is 0. The van der Waals surface area contributed by atoms with Gasteiger partial charge in [-0.05, 0) is 29.5 Å². The number of amides is 1. The molecular formula is C24H29N5O3S. The molecule has 0 unspecified atom stereocenters. The van der Waals surface area contributed by atoms with E-state index in [0.29, 0.717) is 31.3 Å². The van der Waals surface area contributed by atoms with Gasteiger partial charge in [0.2, 0.25) is 0 Å². The molecule has 33 heavy (non-hydrogen) atoms. The van der Waals surface area contributed by atoms with Crippen LogP contribution in [0.4, 0.5) is 5.82 Å². The number of fused-ring (bicyclic) bond motifs is 1. The fourth-order valence-corrected chi connectivity index (χ4v) is 4.63. The highest BCUT2D eigenvalue weighted by atomic mass is 32.1. The monoisotopic (exact) mass is 467 g/mol. The smallest absolute Gasteiger partial charge is 0.328 e. The summed E-state index contributed by atoms with van der Waals surface area (Å²) in [6, 6.07) is 11.0. The number of methoxy groups -OCH3 is 1. The van der Waals surface area contributed by atoms with Crippen LogP contribution < -0.4 is 5.32 Å². The number of anilines is 1. The molecular weight excluding hydrogens is 438 g/mol. The number of ether oxygens (including phenoxy) is 1. The summed E-state index contributed by atoms with van der Waals surface area (Å²) < 4.78 is 4.98. The average Bonchev–Trinajstić information content (AvgIpc) is 3.37. The van der Waals surface area contributed by atoms with Crippen LogP contribution in [0.2, 0.25) is 0 Å². The van der Waals surface area contributed by atoms with Crippen molar-refractivity contribution in [3.63, 3.8) is 0 Å². The van der Waals surface area contributed by atoms with E-state index in [1.54, 1.807) is 0 Å². The molecule has 9 heteroatoms. The van der Waals surface area contributed by atoms with E-state index >= 15 is 0 Å². The summed E-state index contributed by atoms with van der Waals surface area (Å²) >= 11 is 1.48. The summed E-state index contributed by atoms with van der Waals surface area (Å²) in [5.41, 5.74) is 0.823. The number of nitrogens with one attached hydrogen (secondary N) is 1. The van der Waals surface area contributed by atoms with Gasteiger partial charge in [0.05, 0.1) is 24.0 Å². The molecule has 0 saturated carbocycles. The van der Waals surface area contributed by atoms with Crippen LogP contribution >= 0.6 is 11.3 Å². The molecule has 0 aliphatic carbocycles. The lowest BCUT2D eigenvalue weighted by Gasteiger charge is -2.34. The van der Waals surface area contributed by atoms with Crippen molar-refractivity contribution in [1.29, 1.82) is 0 Å². The summed E-state index contributed by atoms with van der Waals surface area (Å²) in [5, 5.41) is 6.08. The Bertz CT molecular complexity index is 1110. The largest absolute Gasteiger partial charge is 0.467 e. The highest BCUT2D eigenvalue weighted by Gasteiger charge is 2.26. The Balaban J connectivity index is 1.49. The number of carbonyl (C=O) groups is 2. The first-order valence-corrected chi connectivity index (χ1v) is 12.0. The molecule has 8 nitrogen and oxygen atoms in total. The number of esters is 1. The van der Waals surface area contributed by atoms with Gasteiger partial charge in [-0.15, -0.1) is 11.3 Å². The molecule has 0 bridgehead atoms. The second-order valence-electron chi connectivity index (χ2n) is 8.44. The van der Waals surface area contributed by atoms with Crippen molar-refractivity contribution in [3.8, 4) is 0 Å². The third-order valence-electron chi connectivity index (χ3n) is 5.82. The molecule has 1 saturated heterocycles. The van der Waals surface area contributed by atoms with Crippen LogP contribution in [0.15, 0.2) is 41.8 Å². The first-order valence-electron chi connectivity index (χ1n) is 11.1. The lowest BCUT2D eigenvalue weighted by atomic mass is 10.0. The predicted molar refractivity (Wildman–Crippen MR) is 129 cm³/mol. The van der Waals surface area contributed by atoms with Crippen LogP contribution in [-0.2, 0) is 16.1 Å². The van der Waals surface area contributed by atoms with E-state index in [0.717, 1.165) is 28.9 Å². The van der Waals surface area contributed by atoms with Crippen molar-refractivity contribution < 1.29 is 14.3 Å². The van der Waals surface area contributed by atoms with Gasteiger partial charge < -0.3 is 15.0 Å². The van der Waals surface area contributed by atoms with E-state index < -0.39 is 6.04 Å². The minimum absolute atomic E-state index is 0.0311. The maximum Gasteiger partial charge on any atom is 0.328 e. The molecule has 174 valence electrons. The zero-order valence-corrected chi connectivity index (χ0v) is 20.0. The number of carbonyl (C=O) groups excluding carboxylic acids is 2. The lowest BCUT2D eigenvalue weighted by molar-refractivity contribution is -0.142. The van der Waals surface area contributed by atoms with Gasteiger partial charge in [-0.25, -0.2) is 14.8 Å². The molecule has 3 aromatic rings. The molecule has 1 fully saturated rings. The Labute approximate surface area is 197 Å². The fourth-order valence-electron chi connectivity index (χ4n) is 3.94. The van der Waals surface area contributed by atoms with Crippen LogP contribution in [0, 0.1) is 5.92 Å². The lowest BCUT2D eigenvalue weighted by Crippen LogP contribution is -2.48. The van der Waals surface area contributed by atoms with Crippen molar-refractivity contribution in [2.45, 2.75) is 26.4 Å². The Morgan fingerprint density at radius 2 is 1.85 bits per heavy atom. The third kappa shape index (κ3) is 5.31. The second kappa shape index (κ2) is 10.3. The molecule has 0 radical (unpaired) electrons. The van der Waals surface area contributed by atoms with Crippen LogP contribution in [0.5, 0.6) is 0 Å². The van der Waals surface area contributed by atoms with E-state index in [1.807, 2.05) is 60.5 Å². The average molecular weight is 468 g/mol. The molecule has 1 aliphatic heterocycles. The molecule has 1 amide bonds. The van der Waals surface area contributed by atoms with E-state index in [2.05, 4.69) is 10.2 Å². The minimum Gasteiger partial charge on any atom is -0.467 e. The van der Waals surface area contributed by atoms with Crippen LogP contribution in [-0.4, -0.2) is 71.0 Å². The van der Waals surface area contributed by atoms with Gasteiger partial charge >= 0.3 is 5.97 Å². The zero-order chi connectivity index (χ0) is 23.4. The normalized spacial score (nSPS) is 15.6. The van der Waals surface area contributed by atoms with E-state index in [9.17, 15) is 9.59 Å². The molecule has 1 atom stereocenters. The highest BCUT2D eigenvalue weighted by molar-refractivity contribution is 7.12. The van der Waals surface area contributed by atoms with Crippen molar-refractivity contribution in [2.24, 2.45) is 5.92 Å². The molecule has 1 N–H and O–H groups in total. The number of thiophene rings is 1. The zero-order valence-electron chi connectivity index (χ0n) is 19.2. The highest BCUT2D eigenvalue weighted by Crippen LogP contribution is 2.23. The summed E-state index contributed by atoms with van der Waals surface area (Å²) in [4.78, 5) is 39.4. The van der Waals surface area contributed by atoms with Crippen molar-refractivity contribution in [1.82, 2.24) is 19.8 Å². The number of hydrogen-bond acceptors (Lipinski definition) is 8. The predicted octanol–water partition coefficient (Wildman–Crippen LogP) is 3.26. The van der Waals surface area contributed by atoms with Gasteiger partial charge in [-0.2, -0.15) is 0 Å². The number of aromatic nitrogens is 2. The maximum absolute atomic E-state index is 12.6. The van der Waals surface area contributed by atoms with Crippen LogP contribution in [0.1, 0.15) is 29.3 Å². The van der Waals surface area contributed by atoms with E-state index in [4.69, 9.17) is 14.7 Å². The maximum atomic E-state index is 12.6. The first-order chi connectivity index (χ1) is 16.0. The standard InChI is InChI=1S/C24H29N5O3S/c1-16(2)21(24(31)32-3)27-22-17-7-4-5-8-18(17)25-20(26-22)15-28-10-12-29(13-11-28)23(30)19-9-6-14-33-19/h4-9,14,16,21H,10-13,15H2,1-3H3,(H,25,26,27)/t21-/m0/s1. The number of para-hydroxylation sites is 1. The Morgan fingerprint density at radius 1 is 1.09 bits per heavy atom. The van der Waals surface area contributed by atoms with Gasteiger partial charge in [0, 0.05) is 31.6 Å². The van der Waals surface area contributed by atoms with E-state index in [1.165, 1.54) is 18.4 Å². The number of benzene rings is 1. The molecule has 0 spiro atoms. The summed E-state index contributed by atoms with van der Waals surface area (Å²) in [6.45, 7) is 7.37. The number of nitrogens with zero attached hydrogens (tertiary/aromatic N) is 4. The Kier molecular flexibility index (Phi) is 7.20. The van der Waals surface area contributed by atoms with E-state index in [-0.39, 0.29) is 17.8 Å². The molecule has 1 aromatic carbocycles.